The summed E-state index contributed by atoms with van der Waals surface area (Å²) in [6.45, 7) is 3.47. The molecule has 6 heteroatoms. The maximum atomic E-state index is 12.2. The predicted molar refractivity (Wildman–Crippen MR) is 72.8 cm³/mol. The van der Waals surface area contributed by atoms with E-state index in [1.165, 1.54) is 0 Å². The molecule has 0 bridgehead atoms. The van der Waals surface area contributed by atoms with Crippen LogP contribution in [0.15, 0.2) is 10.9 Å². The zero-order chi connectivity index (χ0) is 14.9. The van der Waals surface area contributed by atoms with Crippen LogP contribution in [0, 0.1) is 19.8 Å². The molecule has 3 N–H and O–H groups in total. The third-order valence-electron chi connectivity index (χ3n) is 3.71. The first kappa shape index (κ1) is 14.3. The molecule has 6 nitrogen and oxygen atoms in total. The Bertz CT molecular complexity index is 606. The van der Waals surface area contributed by atoms with Crippen LogP contribution in [0.1, 0.15) is 40.9 Å². The number of carboxylic acids is 1. The number of carboxylic acid groups (broad SMARTS) is 1. The van der Waals surface area contributed by atoms with Crippen molar-refractivity contribution < 1.29 is 14.7 Å². The number of carbonyl (C=O) groups is 2. The van der Waals surface area contributed by atoms with Crippen LogP contribution in [0.5, 0.6) is 0 Å². The third kappa shape index (κ3) is 2.89. The lowest BCUT2D eigenvalue weighted by molar-refractivity contribution is -0.141. The number of rotatable bonds is 3. The van der Waals surface area contributed by atoms with Gasteiger partial charge in [0.1, 0.15) is 5.56 Å². The first-order chi connectivity index (χ1) is 9.38. The number of H-pyrrole nitrogens is 1. The minimum Gasteiger partial charge on any atom is -0.481 e. The lowest BCUT2D eigenvalue weighted by atomic mass is 10.1. The molecule has 20 heavy (non-hydrogen) atoms. The van der Waals surface area contributed by atoms with Gasteiger partial charge >= 0.3 is 5.97 Å². The highest BCUT2D eigenvalue weighted by molar-refractivity contribution is 5.95. The highest BCUT2D eigenvalue weighted by Crippen LogP contribution is 2.25. The summed E-state index contributed by atoms with van der Waals surface area (Å²) in [7, 11) is 0. The number of aryl methyl sites for hydroxylation is 2. The molecule has 1 aromatic rings. The lowest BCUT2D eigenvalue weighted by Crippen LogP contribution is -2.37. The van der Waals surface area contributed by atoms with E-state index in [-0.39, 0.29) is 11.6 Å². The molecule has 1 amide bonds. The Kier molecular flexibility index (Phi) is 3.92. The van der Waals surface area contributed by atoms with Crippen LogP contribution in [0.2, 0.25) is 0 Å². The van der Waals surface area contributed by atoms with Gasteiger partial charge in [0.05, 0.1) is 5.92 Å². The summed E-state index contributed by atoms with van der Waals surface area (Å²) in [4.78, 5) is 37.5. The molecule has 1 aliphatic rings. The lowest BCUT2D eigenvalue weighted by Gasteiger charge is -2.13. The van der Waals surface area contributed by atoms with Gasteiger partial charge in [0, 0.05) is 11.7 Å². The predicted octanol–water partition coefficient (Wildman–Crippen LogP) is 0.975. The molecule has 1 heterocycles. The van der Waals surface area contributed by atoms with Crippen molar-refractivity contribution in [3.8, 4) is 0 Å². The zero-order valence-electron chi connectivity index (χ0n) is 11.5. The van der Waals surface area contributed by atoms with Gasteiger partial charge in [-0.25, -0.2) is 0 Å². The van der Waals surface area contributed by atoms with Crippen LogP contribution in [-0.2, 0) is 4.79 Å². The largest absolute Gasteiger partial charge is 0.481 e. The highest BCUT2D eigenvalue weighted by atomic mass is 16.4. The Balaban J connectivity index is 2.11. The zero-order valence-corrected chi connectivity index (χ0v) is 11.5. The number of aromatic nitrogens is 1. The van der Waals surface area contributed by atoms with Gasteiger partial charge in [0.15, 0.2) is 0 Å². The maximum Gasteiger partial charge on any atom is 0.306 e. The molecule has 1 saturated carbocycles. The first-order valence-electron chi connectivity index (χ1n) is 6.62. The minimum absolute atomic E-state index is 0.106. The first-order valence-corrected chi connectivity index (χ1v) is 6.62. The van der Waals surface area contributed by atoms with Crippen LogP contribution in [0.4, 0.5) is 0 Å². The van der Waals surface area contributed by atoms with Crippen LogP contribution in [0.25, 0.3) is 0 Å². The molecule has 1 aliphatic carbocycles. The fourth-order valence-electron chi connectivity index (χ4n) is 2.73. The average molecular weight is 278 g/mol. The number of carbonyl (C=O) groups excluding carboxylic acids is 1. The number of hydrogen-bond acceptors (Lipinski definition) is 3. The Hall–Kier alpha value is -2.11. The molecule has 108 valence electrons. The van der Waals surface area contributed by atoms with E-state index >= 15 is 0 Å². The van der Waals surface area contributed by atoms with Gasteiger partial charge in [-0.3, -0.25) is 14.4 Å². The van der Waals surface area contributed by atoms with Crippen LogP contribution in [0.3, 0.4) is 0 Å². The molecule has 0 saturated heterocycles. The molecule has 0 radical (unpaired) electrons. The second kappa shape index (κ2) is 5.48. The van der Waals surface area contributed by atoms with E-state index in [9.17, 15) is 14.4 Å². The Morgan fingerprint density at radius 1 is 1.35 bits per heavy atom. The van der Waals surface area contributed by atoms with E-state index in [0.29, 0.717) is 30.5 Å². The summed E-state index contributed by atoms with van der Waals surface area (Å²) in [5, 5.41) is 11.7. The Labute approximate surface area is 116 Å². The van der Waals surface area contributed by atoms with E-state index in [1.54, 1.807) is 19.9 Å². The Morgan fingerprint density at radius 2 is 2.05 bits per heavy atom. The van der Waals surface area contributed by atoms with Gasteiger partial charge in [0.25, 0.3) is 11.5 Å². The summed E-state index contributed by atoms with van der Waals surface area (Å²) in [6.07, 6.45) is 1.61. The molecule has 0 spiro atoms. The van der Waals surface area contributed by atoms with Crippen LogP contribution < -0.4 is 10.9 Å². The van der Waals surface area contributed by atoms with E-state index in [2.05, 4.69) is 10.3 Å². The number of amides is 1. The van der Waals surface area contributed by atoms with Gasteiger partial charge < -0.3 is 15.4 Å². The second-order valence-electron chi connectivity index (χ2n) is 5.36. The topological polar surface area (TPSA) is 99.3 Å². The number of aliphatic carboxylic acids is 1. The van der Waals surface area contributed by atoms with Crippen molar-refractivity contribution >= 4 is 11.9 Å². The van der Waals surface area contributed by atoms with Crippen molar-refractivity contribution in [1.82, 2.24) is 10.3 Å². The van der Waals surface area contributed by atoms with Crippen molar-refractivity contribution in [2.24, 2.45) is 5.92 Å². The molecule has 1 fully saturated rings. The van der Waals surface area contributed by atoms with Crippen LogP contribution in [-0.4, -0.2) is 28.0 Å². The molecule has 2 rings (SSSR count). The molecule has 0 unspecified atom stereocenters. The summed E-state index contributed by atoms with van der Waals surface area (Å²) in [5.41, 5.74) is 1.02. The molecular formula is C14H18N2O4. The smallest absolute Gasteiger partial charge is 0.306 e. The van der Waals surface area contributed by atoms with E-state index in [1.807, 2.05) is 0 Å². The monoisotopic (exact) mass is 278 g/mol. The van der Waals surface area contributed by atoms with Crippen LogP contribution >= 0.6 is 0 Å². The third-order valence-corrected chi connectivity index (χ3v) is 3.71. The number of aromatic amines is 1. The molecular weight excluding hydrogens is 260 g/mol. The van der Waals surface area contributed by atoms with Gasteiger partial charge in [-0.2, -0.15) is 0 Å². The Morgan fingerprint density at radius 3 is 2.60 bits per heavy atom. The van der Waals surface area contributed by atoms with E-state index in [4.69, 9.17) is 5.11 Å². The summed E-state index contributed by atoms with van der Waals surface area (Å²) < 4.78 is 0. The molecule has 0 aliphatic heterocycles. The van der Waals surface area contributed by atoms with Gasteiger partial charge in [-0.15, -0.1) is 0 Å². The van der Waals surface area contributed by atoms with E-state index < -0.39 is 23.4 Å². The summed E-state index contributed by atoms with van der Waals surface area (Å²) >= 11 is 0. The highest BCUT2D eigenvalue weighted by Gasteiger charge is 2.31. The summed E-state index contributed by atoms with van der Waals surface area (Å²) in [6, 6.07) is 1.56. The number of nitrogens with one attached hydrogen (secondary N) is 2. The van der Waals surface area contributed by atoms with Gasteiger partial charge in [-0.05, 0) is 44.7 Å². The molecule has 2 atom stereocenters. The number of pyridine rings is 1. The molecule has 1 aromatic heterocycles. The molecule has 0 aromatic carbocycles. The van der Waals surface area contributed by atoms with Gasteiger partial charge in [-0.1, -0.05) is 0 Å². The number of hydrogen-bond donors (Lipinski definition) is 3. The standard InChI is InChI=1S/C14H18N2O4/c1-7-5-8(2)15-12(17)11(7)13(18)16-10-4-3-9(6-10)14(19)20/h5,9-10H,3-4,6H2,1-2H3,(H,15,17)(H,16,18)(H,19,20)/t9-,10+/m0/s1. The minimum atomic E-state index is -0.828. The van der Waals surface area contributed by atoms with Gasteiger partial charge in [0.2, 0.25) is 0 Å². The quantitative estimate of drug-likeness (QED) is 0.767. The van der Waals surface area contributed by atoms with Crippen molar-refractivity contribution in [3.63, 3.8) is 0 Å². The van der Waals surface area contributed by atoms with Crippen molar-refractivity contribution in [2.75, 3.05) is 0 Å². The van der Waals surface area contributed by atoms with E-state index in [0.717, 1.165) is 0 Å². The summed E-state index contributed by atoms with van der Waals surface area (Å²) in [5.74, 6) is -1.66. The second-order valence-corrected chi connectivity index (χ2v) is 5.36. The maximum absolute atomic E-state index is 12.2. The normalized spacial score (nSPS) is 21.7. The SMILES string of the molecule is Cc1cc(C)c(C(=O)N[C@@H]2CC[C@H](C(=O)O)C2)c(=O)[nH]1. The van der Waals surface area contributed by atoms with Crippen molar-refractivity contribution in [2.45, 2.75) is 39.2 Å². The average Bonchev–Trinajstić information content (AvgIpc) is 2.75. The van der Waals surface area contributed by atoms with Crippen molar-refractivity contribution in [3.05, 3.63) is 33.2 Å². The fourth-order valence-corrected chi connectivity index (χ4v) is 2.73. The van der Waals surface area contributed by atoms with Crippen molar-refractivity contribution in [1.29, 1.82) is 0 Å². The fraction of sp³-hybridized carbons (Fsp3) is 0.500.